The highest BCUT2D eigenvalue weighted by Crippen LogP contribution is 2.47. The number of ether oxygens (including phenoxy) is 1. The van der Waals surface area contributed by atoms with E-state index in [1.54, 1.807) is 12.1 Å². The fourth-order valence-corrected chi connectivity index (χ4v) is 6.06. The van der Waals surface area contributed by atoms with Crippen LogP contribution >= 0.6 is 0 Å². The van der Waals surface area contributed by atoms with E-state index in [-0.39, 0.29) is 35.1 Å². The van der Waals surface area contributed by atoms with Crippen LogP contribution in [0.25, 0.3) is 0 Å². The minimum absolute atomic E-state index is 0.0447. The molecule has 2 amide bonds. The van der Waals surface area contributed by atoms with Gasteiger partial charge in [0.1, 0.15) is 5.82 Å². The predicted octanol–water partition coefficient (Wildman–Crippen LogP) is 4.64. The zero-order chi connectivity index (χ0) is 24.6. The van der Waals surface area contributed by atoms with Crippen molar-refractivity contribution in [2.45, 2.75) is 57.5 Å². The van der Waals surface area contributed by atoms with Crippen LogP contribution in [0.3, 0.4) is 0 Å². The highest BCUT2D eigenvalue weighted by Gasteiger charge is 2.52. The summed E-state index contributed by atoms with van der Waals surface area (Å²) in [6, 6.07) is 12.8. The predicted molar refractivity (Wildman–Crippen MR) is 134 cm³/mol. The van der Waals surface area contributed by atoms with E-state index in [9.17, 15) is 14.0 Å². The number of benzene rings is 2. The summed E-state index contributed by atoms with van der Waals surface area (Å²) in [5.74, 6) is -0.592. The standard InChI is InChI=1S/C28H34FN3O3/c1-3-19-4-6-20(7-5-19)27(34)32-23-10-11-28(32,2)18-21(16-23)26(33)30-22-8-9-25(24(29)17-22)31-12-14-35-15-13-31/h4-9,17,21,23H,3,10-16,18H2,1-2H3,(H,30,33). The number of carbonyl (C=O) groups is 2. The van der Waals surface area contributed by atoms with Gasteiger partial charge in [-0.2, -0.15) is 0 Å². The summed E-state index contributed by atoms with van der Waals surface area (Å²) in [4.78, 5) is 30.6. The van der Waals surface area contributed by atoms with E-state index < -0.39 is 0 Å². The normalized spacial score (nSPS) is 26.0. The average molecular weight is 480 g/mol. The Morgan fingerprint density at radius 3 is 2.54 bits per heavy atom. The van der Waals surface area contributed by atoms with Crippen LogP contribution in [-0.4, -0.2) is 54.6 Å². The van der Waals surface area contributed by atoms with Crippen molar-refractivity contribution in [2.75, 3.05) is 36.5 Å². The zero-order valence-electron chi connectivity index (χ0n) is 20.6. The molecule has 3 aliphatic rings. The molecule has 3 atom stereocenters. The Morgan fingerprint density at radius 2 is 1.89 bits per heavy atom. The molecule has 0 saturated carbocycles. The van der Waals surface area contributed by atoms with Gasteiger partial charge >= 0.3 is 0 Å². The SMILES string of the molecule is CCc1ccc(C(=O)N2C3CCC2(C)CC(C(=O)Nc2ccc(N4CCOCC4)c(F)c2)C3)cc1. The largest absolute Gasteiger partial charge is 0.378 e. The lowest BCUT2D eigenvalue weighted by atomic mass is 9.81. The molecule has 5 rings (SSSR count). The number of amides is 2. The molecule has 186 valence electrons. The van der Waals surface area contributed by atoms with Crippen molar-refractivity contribution in [2.24, 2.45) is 5.92 Å². The number of morpholine rings is 1. The van der Waals surface area contributed by atoms with E-state index in [1.807, 2.05) is 34.1 Å². The first kappa shape index (κ1) is 23.8. The number of aryl methyl sites for hydroxylation is 1. The van der Waals surface area contributed by atoms with Gasteiger partial charge in [-0.3, -0.25) is 9.59 Å². The third kappa shape index (κ3) is 4.66. The number of nitrogens with one attached hydrogen (secondary N) is 1. The highest BCUT2D eigenvalue weighted by atomic mass is 19.1. The fraction of sp³-hybridized carbons (Fsp3) is 0.500. The molecule has 0 radical (unpaired) electrons. The number of carbonyl (C=O) groups excluding carboxylic acids is 2. The lowest BCUT2D eigenvalue weighted by molar-refractivity contribution is -0.123. The van der Waals surface area contributed by atoms with Crippen LogP contribution in [0.2, 0.25) is 0 Å². The number of nitrogens with zero attached hydrogens (tertiary/aromatic N) is 2. The molecule has 3 unspecified atom stereocenters. The first-order chi connectivity index (χ1) is 16.9. The monoisotopic (exact) mass is 479 g/mol. The van der Waals surface area contributed by atoms with Crippen LogP contribution in [0.4, 0.5) is 15.8 Å². The molecule has 1 N–H and O–H groups in total. The summed E-state index contributed by atoms with van der Waals surface area (Å²) in [6.45, 7) is 6.68. The van der Waals surface area contributed by atoms with Gasteiger partial charge in [-0.15, -0.1) is 0 Å². The first-order valence-corrected chi connectivity index (χ1v) is 12.7. The van der Waals surface area contributed by atoms with E-state index in [0.717, 1.165) is 19.3 Å². The fourth-order valence-electron chi connectivity index (χ4n) is 6.06. The Kier molecular flexibility index (Phi) is 6.53. The van der Waals surface area contributed by atoms with Gasteiger partial charge in [-0.05, 0) is 74.9 Å². The van der Waals surface area contributed by atoms with Crippen LogP contribution in [0.5, 0.6) is 0 Å². The Bertz CT molecular complexity index is 1100. The molecular weight excluding hydrogens is 445 g/mol. The summed E-state index contributed by atoms with van der Waals surface area (Å²) in [5, 5.41) is 2.93. The second kappa shape index (κ2) is 9.61. The Labute approximate surface area is 206 Å². The van der Waals surface area contributed by atoms with E-state index in [0.29, 0.717) is 56.1 Å². The minimum Gasteiger partial charge on any atom is -0.378 e. The third-order valence-electron chi connectivity index (χ3n) is 7.97. The molecule has 35 heavy (non-hydrogen) atoms. The number of hydrogen-bond donors (Lipinski definition) is 1. The van der Waals surface area contributed by atoms with Gasteiger partial charge in [0.25, 0.3) is 5.91 Å². The smallest absolute Gasteiger partial charge is 0.254 e. The van der Waals surface area contributed by atoms with Crippen LogP contribution < -0.4 is 10.2 Å². The summed E-state index contributed by atoms with van der Waals surface area (Å²) in [7, 11) is 0. The molecule has 2 bridgehead atoms. The van der Waals surface area contributed by atoms with Gasteiger partial charge in [0.2, 0.25) is 5.91 Å². The van der Waals surface area contributed by atoms with Gasteiger partial charge < -0.3 is 19.9 Å². The second-order valence-electron chi connectivity index (χ2n) is 10.3. The zero-order valence-corrected chi connectivity index (χ0v) is 20.6. The average Bonchev–Trinajstić information content (AvgIpc) is 3.08. The first-order valence-electron chi connectivity index (χ1n) is 12.7. The summed E-state index contributed by atoms with van der Waals surface area (Å²) < 4.78 is 20.1. The Morgan fingerprint density at radius 1 is 1.14 bits per heavy atom. The highest BCUT2D eigenvalue weighted by molar-refractivity contribution is 5.96. The molecule has 3 heterocycles. The van der Waals surface area contributed by atoms with E-state index in [2.05, 4.69) is 19.2 Å². The molecule has 3 fully saturated rings. The Hall–Kier alpha value is -2.93. The molecule has 2 aromatic rings. The number of anilines is 2. The quantitative estimate of drug-likeness (QED) is 0.679. The maximum Gasteiger partial charge on any atom is 0.254 e. The Balaban J connectivity index is 1.26. The van der Waals surface area contributed by atoms with Crippen molar-refractivity contribution < 1.29 is 18.7 Å². The number of halogens is 1. The number of hydrogen-bond acceptors (Lipinski definition) is 4. The van der Waals surface area contributed by atoms with Crippen molar-refractivity contribution in [1.82, 2.24) is 4.90 Å². The van der Waals surface area contributed by atoms with Crippen molar-refractivity contribution in [3.05, 3.63) is 59.4 Å². The number of rotatable bonds is 5. The molecule has 3 saturated heterocycles. The van der Waals surface area contributed by atoms with Crippen molar-refractivity contribution in [3.63, 3.8) is 0 Å². The van der Waals surface area contributed by atoms with Gasteiger partial charge in [0.05, 0.1) is 18.9 Å². The van der Waals surface area contributed by atoms with Gasteiger partial charge in [-0.25, -0.2) is 4.39 Å². The van der Waals surface area contributed by atoms with Gasteiger partial charge in [-0.1, -0.05) is 19.1 Å². The van der Waals surface area contributed by atoms with Crippen molar-refractivity contribution >= 4 is 23.2 Å². The van der Waals surface area contributed by atoms with Crippen LogP contribution in [0, 0.1) is 11.7 Å². The lowest BCUT2D eigenvalue weighted by Gasteiger charge is -2.45. The summed E-state index contributed by atoms with van der Waals surface area (Å²) >= 11 is 0. The minimum atomic E-state index is -0.350. The van der Waals surface area contributed by atoms with E-state index >= 15 is 0 Å². The molecule has 2 aromatic carbocycles. The van der Waals surface area contributed by atoms with E-state index in [1.165, 1.54) is 11.6 Å². The van der Waals surface area contributed by atoms with E-state index in [4.69, 9.17) is 4.74 Å². The molecule has 0 aliphatic carbocycles. The lowest BCUT2D eigenvalue weighted by Crippen LogP contribution is -2.55. The van der Waals surface area contributed by atoms with Gasteiger partial charge in [0, 0.05) is 41.8 Å². The number of fused-ring (bicyclic) bond motifs is 2. The molecule has 7 heteroatoms. The van der Waals surface area contributed by atoms with Crippen LogP contribution in [-0.2, 0) is 16.0 Å². The summed E-state index contributed by atoms with van der Waals surface area (Å²) in [5.41, 5.74) is 2.57. The molecule has 6 nitrogen and oxygen atoms in total. The topological polar surface area (TPSA) is 61.9 Å². The maximum atomic E-state index is 14.8. The number of piperidine rings is 1. The summed E-state index contributed by atoms with van der Waals surface area (Å²) in [6.07, 6.45) is 3.98. The molecule has 0 spiro atoms. The van der Waals surface area contributed by atoms with Gasteiger partial charge in [0.15, 0.2) is 0 Å². The third-order valence-corrected chi connectivity index (χ3v) is 7.97. The maximum absolute atomic E-state index is 14.8. The second-order valence-corrected chi connectivity index (χ2v) is 10.3. The van der Waals surface area contributed by atoms with Crippen molar-refractivity contribution in [3.8, 4) is 0 Å². The molecular formula is C28H34FN3O3. The van der Waals surface area contributed by atoms with Crippen LogP contribution in [0.1, 0.15) is 55.5 Å². The van der Waals surface area contributed by atoms with Crippen LogP contribution in [0.15, 0.2) is 42.5 Å². The van der Waals surface area contributed by atoms with Crippen molar-refractivity contribution in [1.29, 1.82) is 0 Å². The molecule has 0 aromatic heterocycles. The molecule has 3 aliphatic heterocycles.